The fourth-order valence-corrected chi connectivity index (χ4v) is 2.69. The van der Waals surface area contributed by atoms with Gasteiger partial charge in [-0.1, -0.05) is 18.2 Å². The van der Waals surface area contributed by atoms with Gasteiger partial charge in [-0.25, -0.2) is 13.1 Å². The molecule has 2 aromatic rings. The van der Waals surface area contributed by atoms with Crippen molar-refractivity contribution in [1.29, 1.82) is 0 Å². The fourth-order valence-electron chi connectivity index (χ4n) is 1.43. The summed E-state index contributed by atoms with van der Waals surface area (Å²) in [6, 6.07) is 8.03. The molecular weight excluding hydrogens is 268 g/mol. The van der Waals surface area contributed by atoms with Crippen molar-refractivity contribution in [2.45, 2.75) is 11.3 Å². The number of hydrogen-bond acceptors (Lipinski definition) is 5. The second-order valence-electron chi connectivity index (χ2n) is 3.79. The number of nitrogens with one attached hydrogen (secondary N) is 1. The molecule has 0 atom stereocenters. The van der Waals surface area contributed by atoms with Gasteiger partial charge in [-0.15, -0.1) is 10.2 Å². The Morgan fingerprint density at radius 1 is 1.16 bits per heavy atom. The van der Waals surface area contributed by atoms with Gasteiger partial charge in [0.05, 0.1) is 10.6 Å². The minimum atomic E-state index is -3.44. The smallest absolute Gasteiger partial charge is 0.239 e. The number of nitrogens with zero attached hydrogens (tertiary/aromatic N) is 3. The van der Waals surface area contributed by atoms with Gasteiger partial charge in [-0.2, -0.15) is 0 Å². The molecule has 1 aromatic heterocycles. The topological polar surface area (TPSA) is 94.0 Å². The van der Waals surface area contributed by atoms with Crippen LogP contribution in [0.1, 0.15) is 6.42 Å². The molecular formula is C11H12N4O3S. The first kappa shape index (κ1) is 13.2. The van der Waals surface area contributed by atoms with Crippen molar-refractivity contribution < 1.29 is 13.2 Å². The lowest BCUT2D eigenvalue weighted by Gasteiger charge is -2.05. The average molecular weight is 280 g/mol. The highest BCUT2D eigenvalue weighted by molar-refractivity contribution is 7.91. The predicted molar refractivity (Wildman–Crippen MR) is 67.5 cm³/mol. The molecule has 0 aliphatic rings. The van der Waals surface area contributed by atoms with Crippen LogP contribution in [0.3, 0.4) is 0 Å². The number of rotatable bonds is 5. The first-order valence-corrected chi connectivity index (χ1v) is 7.15. The zero-order valence-electron chi connectivity index (χ0n) is 9.93. The monoisotopic (exact) mass is 280 g/mol. The molecule has 8 heteroatoms. The van der Waals surface area contributed by atoms with Crippen LogP contribution in [0.4, 0.5) is 0 Å². The van der Waals surface area contributed by atoms with Crippen LogP contribution in [0.15, 0.2) is 47.9 Å². The lowest BCUT2D eigenvalue weighted by Crippen LogP contribution is -2.24. The standard InChI is InChI=1S/C11H12N4O3S/c16-11(14-15-8-12-13-9-15)6-7-19(17,18)10-4-2-1-3-5-10/h1-5,8-9H,6-7H2,(H,14,16). The number of amides is 1. The van der Waals surface area contributed by atoms with Gasteiger partial charge in [0, 0.05) is 6.42 Å². The molecule has 1 amide bonds. The summed E-state index contributed by atoms with van der Waals surface area (Å²) in [5.41, 5.74) is 2.43. The number of benzene rings is 1. The summed E-state index contributed by atoms with van der Waals surface area (Å²) in [6.07, 6.45) is 2.49. The maximum atomic E-state index is 11.9. The Bertz CT molecular complexity index is 638. The van der Waals surface area contributed by atoms with E-state index in [9.17, 15) is 13.2 Å². The molecule has 0 saturated carbocycles. The molecule has 0 aliphatic heterocycles. The van der Waals surface area contributed by atoms with Crippen LogP contribution in [0.2, 0.25) is 0 Å². The minimum absolute atomic E-state index is 0.130. The van der Waals surface area contributed by atoms with Crippen molar-refractivity contribution >= 4 is 15.7 Å². The van der Waals surface area contributed by atoms with Crippen LogP contribution >= 0.6 is 0 Å². The van der Waals surface area contributed by atoms with E-state index in [1.807, 2.05) is 0 Å². The number of sulfone groups is 1. The quantitative estimate of drug-likeness (QED) is 0.845. The number of hydrogen-bond donors (Lipinski definition) is 1. The van der Waals surface area contributed by atoms with E-state index in [-0.39, 0.29) is 17.1 Å². The van der Waals surface area contributed by atoms with E-state index in [1.54, 1.807) is 18.2 Å². The van der Waals surface area contributed by atoms with Crippen molar-refractivity contribution in [2.24, 2.45) is 0 Å². The van der Waals surface area contributed by atoms with Gasteiger partial charge in [-0.05, 0) is 12.1 Å². The first-order valence-electron chi connectivity index (χ1n) is 5.50. The molecule has 1 heterocycles. The third-order valence-corrected chi connectivity index (χ3v) is 4.10. The van der Waals surface area contributed by atoms with E-state index in [4.69, 9.17) is 0 Å². The molecule has 0 fully saturated rings. The van der Waals surface area contributed by atoms with Crippen molar-refractivity contribution in [2.75, 3.05) is 11.2 Å². The molecule has 1 aromatic carbocycles. The summed E-state index contributed by atoms with van der Waals surface area (Å²) in [6.45, 7) is 0. The summed E-state index contributed by atoms with van der Waals surface area (Å²) in [5.74, 6) is -0.662. The molecule has 0 aliphatic carbocycles. The van der Waals surface area contributed by atoms with Crippen LogP contribution in [0.25, 0.3) is 0 Å². The highest BCUT2D eigenvalue weighted by Crippen LogP contribution is 2.10. The van der Waals surface area contributed by atoms with Gasteiger partial charge >= 0.3 is 0 Å². The minimum Gasteiger partial charge on any atom is -0.273 e. The van der Waals surface area contributed by atoms with Crippen LogP contribution in [-0.4, -0.2) is 35.0 Å². The van der Waals surface area contributed by atoms with Crippen molar-refractivity contribution in [3.8, 4) is 0 Å². The van der Waals surface area contributed by atoms with Gasteiger partial charge in [0.25, 0.3) is 0 Å². The molecule has 0 saturated heterocycles. The normalized spacial score (nSPS) is 11.2. The number of aromatic nitrogens is 3. The fraction of sp³-hybridized carbons (Fsp3) is 0.182. The van der Waals surface area contributed by atoms with Gasteiger partial charge in [0.2, 0.25) is 5.91 Å². The highest BCUT2D eigenvalue weighted by Gasteiger charge is 2.16. The van der Waals surface area contributed by atoms with Crippen molar-refractivity contribution in [3.63, 3.8) is 0 Å². The summed E-state index contributed by atoms with van der Waals surface area (Å²) in [5, 5.41) is 7.02. The number of carbonyl (C=O) groups is 1. The van der Waals surface area contributed by atoms with Crippen LogP contribution < -0.4 is 5.43 Å². The molecule has 1 N–H and O–H groups in total. The highest BCUT2D eigenvalue weighted by atomic mass is 32.2. The van der Waals surface area contributed by atoms with Gasteiger partial charge in [0.1, 0.15) is 12.7 Å². The van der Waals surface area contributed by atoms with E-state index in [0.717, 1.165) is 0 Å². The second-order valence-corrected chi connectivity index (χ2v) is 5.90. The summed E-state index contributed by atoms with van der Waals surface area (Å²) < 4.78 is 25.1. The van der Waals surface area contributed by atoms with Crippen molar-refractivity contribution in [3.05, 3.63) is 43.0 Å². The molecule has 0 unspecified atom stereocenters. The van der Waals surface area contributed by atoms with Crippen LogP contribution in [-0.2, 0) is 14.6 Å². The Labute approximate surface area is 110 Å². The van der Waals surface area contributed by atoms with Gasteiger partial charge in [-0.3, -0.25) is 10.2 Å². The Morgan fingerprint density at radius 3 is 2.42 bits per heavy atom. The maximum Gasteiger partial charge on any atom is 0.239 e. The van der Waals surface area contributed by atoms with Gasteiger partial charge in [0.15, 0.2) is 9.84 Å². The summed E-state index contributed by atoms with van der Waals surface area (Å²) >= 11 is 0. The zero-order chi connectivity index (χ0) is 13.7. The van der Waals surface area contributed by atoms with Crippen LogP contribution in [0.5, 0.6) is 0 Å². The summed E-state index contributed by atoms with van der Waals surface area (Å²) in [7, 11) is -3.44. The molecule has 19 heavy (non-hydrogen) atoms. The SMILES string of the molecule is O=C(CCS(=O)(=O)c1ccccc1)Nn1cnnc1. The Morgan fingerprint density at radius 2 is 1.79 bits per heavy atom. The molecule has 100 valence electrons. The Kier molecular flexibility index (Phi) is 3.91. The second kappa shape index (κ2) is 5.61. The molecule has 0 bridgehead atoms. The zero-order valence-corrected chi connectivity index (χ0v) is 10.7. The maximum absolute atomic E-state index is 11.9. The third kappa shape index (κ3) is 3.62. The largest absolute Gasteiger partial charge is 0.273 e. The predicted octanol–water partition coefficient (Wildman–Crippen LogP) is 0.212. The van der Waals surface area contributed by atoms with E-state index < -0.39 is 15.7 Å². The Hall–Kier alpha value is -2.22. The van der Waals surface area contributed by atoms with Crippen LogP contribution in [0, 0.1) is 0 Å². The van der Waals surface area contributed by atoms with E-state index in [2.05, 4.69) is 15.6 Å². The first-order chi connectivity index (χ1) is 9.08. The van der Waals surface area contributed by atoms with E-state index >= 15 is 0 Å². The molecule has 0 spiro atoms. The molecule has 2 rings (SSSR count). The molecule has 0 radical (unpaired) electrons. The number of carbonyl (C=O) groups excluding carboxylic acids is 1. The van der Waals surface area contributed by atoms with Crippen molar-refractivity contribution in [1.82, 2.24) is 14.9 Å². The van der Waals surface area contributed by atoms with E-state index in [0.29, 0.717) is 0 Å². The lowest BCUT2D eigenvalue weighted by atomic mass is 10.4. The summed E-state index contributed by atoms with van der Waals surface area (Å²) in [4.78, 5) is 11.8. The Balaban J connectivity index is 1.93. The van der Waals surface area contributed by atoms with Gasteiger partial charge < -0.3 is 0 Å². The molecule has 7 nitrogen and oxygen atoms in total. The van der Waals surface area contributed by atoms with E-state index in [1.165, 1.54) is 29.5 Å². The third-order valence-electron chi connectivity index (χ3n) is 2.37. The average Bonchev–Trinajstić information content (AvgIpc) is 2.90. The lowest BCUT2D eigenvalue weighted by molar-refractivity contribution is -0.116.